The van der Waals surface area contributed by atoms with E-state index >= 15 is 0 Å². The van der Waals surface area contributed by atoms with Crippen LogP contribution in [0.3, 0.4) is 0 Å². The van der Waals surface area contributed by atoms with Crippen LogP contribution in [-0.2, 0) is 6.54 Å². The van der Waals surface area contributed by atoms with Gasteiger partial charge in [0, 0.05) is 11.1 Å². The summed E-state index contributed by atoms with van der Waals surface area (Å²) in [5, 5.41) is 7.90. The third kappa shape index (κ3) is 3.31. The smallest absolute Gasteiger partial charge is 0.240 e. The van der Waals surface area contributed by atoms with Gasteiger partial charge in [0.05, 0.1) is 6.54 Å². The molecule has 0 saturated heterocycles. The summed E-state index contributed by atoms with van der Waals surface area (Å²) in [5.41, 5.74) is 1.17. The number of rotatable bonds is 5. The Labute approximate surface area is 111 Å². The fourth-order valence-corrected chi connectivity index (χ4v) is 2.04. The first-order valence-electron chi connectivity index (χ1n) is 5.97. The third-order valence-corrected chi connectivity index (χ3v) is 2.96. The molecule has 1 atom stereocenters. The second kappa shape index (κ2) is 5.98. The molecule has 0 radical (unpaired) electrons. The zero-order valence-electron chi connectivity index (χ0n) is 10.5. The molecule has 2 rings (SSSR count). The molecule has 5 heteroatoms. The van der Waals surface area contributed by atoms with Crippen LogP contribution in [0.5, 0.6) is 0 Å². The predicted octanol–water partition coefficient (Wildman–Crippen LogP) is 3.27. The fraction of sp³-hybridized carbons (Fsp3) is 0.385. The van der Waals surface area contributed by atoms with Crippen molar-refractivity contribution in [3.63, 3.8) is 0 Å². The summed E-state index contributed by atoms with van der Waals surface area (Å²) in [6.45, 7) is 4.49. The Kier molecular flexibility index (Phi) is 4.33. The van der Waals surface area contributed by atoms with Crippen molar-refractivity contribution in [1.82, 2.24) is 15.5 Å². The normalized spacial score (nSPS) is 12.6. The molecule has 1 aromatic carbocycles. The van der Waals surface area contributed by atoms with E-state index in [9.17, 15) is 0 Å². The first kappa shape index (κ1) is 13.1. The van der Waals surface area contributed by atoms with Gasteiger partial charge in [-0.1, -0.05) is 35.8 Å². The highest BCUT2D eigenvalue weighted by Gasteiger charge is 2.11. The molecule has 1 heterocycles. The number of hydrogen-bond acceptors (Lipinski definition) is 4. The van der Waals surface area contributed by atoms with Gasteiger partial charge in [-0.25, -0.2) is 0 Å². The number of benzene rings is 1. The molecule has 4 nitrogen and oxygen atoms in total. The third-order valence-electron chi connectivity index (χ3n) is 2.73. The van der Waals surface area contributed by atoms with Gasteiger partial charge in [-0.2, -0.15) is 4.98 Å². The molecule has 1 N–H and O–H groups in total. The largest absolute Gasteiger partial charge is 0.338 e. The van der Waals surface area contributed by atoms with E-state index in [1.54, 1.807) is 6.92 Å². The lowest BCUT2D eigenvalue weighted by Gasteiger charge is -2.16. The predicted molar refractivity (Wildman–Crippen MR) is 70.4 cm³/mol. The maximum absolute atomic E-state index is 6.00. The molecule has 0 bridgehead atoms. The summed E-state index contributed by atoms with van der Waals surface area (Å²) in [6, 6.07) is 8.10. The van der Waals surface area contributed by atoms with Crippen LogP contribution < -0.4 is 5.32 Å². The van der Waals surface area contributed by atoms with Crippen molar-refractivity contribution >= 4 is 11.6 Å². The minimum absolute atomic E-state index is 0.232. The van der Waals surface area contributed by atoms with Gasteiger partial charge >= 0.3 is 0 Å². The summed E-state index contributed by atoms with van der Waals surface area (Å²) in [7, 11) is 0. The number of aryl methyl sites for hydroxylation is 1. The standard InChI is InChI=1S/C13H16ClN3O/c1-3-12(10-5-4-6-11(14)7-10)15-8-13-16-9(2)17-18-13/h4-7,12,15H,3,8H2,1-2H3. The summed E-state index contributed by atoms with van der Waals surface area (Å²) < 4.78 is 5.07. The minimum atomic E-state index is 0.232. The van der Waals surface area contributed by atoms with Crippen molar-refractivity contribution < 1.29 is 4.52 Å². The van der Waals surface area contributed by atoms with Gasteiger partial charge in [0.15, 0.2) is 5.82 Å². The monoisotopic (exact) mass is 265 g/mol. The molecule has 1 unspecified atom stereocenters. The molecule has 0 amide bonds. The van der Waals surface area contributed by atoms with Crippen LogP contribution in [0.1, 0.15) is 36.7 Å². The van der Waals surface area contributed by atoms with Crippen LogP contribution in [0, 0.1) is 6.92 Å². The lowest BCUT2D eigenvalue weighted by Crippen LogP contribution is -2.20. The van der Waals surface area contributed by atoms with Gasteiger partial charge < -0.3 is 9.84 Å². The minimum Gasteiger partial charge on any atom is -0.338 e. The van der Waals surface area contributed by atoms with Crippen LogP contribution in [0.2, 0.25) is 5.02 Å². The SMILES string of the molecule is CCC(NCc1nc(C)no1)c1cccc(Cl)c1. The maximum Gasteiger partial charge on any atom is 0.240 e. The van der Waals surface area contributed by atoms with Gasteiger partial charge in [-0.05, 0) is 31.0 Å². The van der Waals surface area contributed by atoms with Gasteiger partial charge in [0.1, 0.15) is 0 Å². The Balaban J connectivity index is 2.01. The summed E-state index contributed by atoms with van der Waals surface area (Å²) in [6.07, 6.45) is 0.966. The van der Waals surface area contributed by atoms with E-state index in [1.165, 1.54) is 5.56 Å². The topological polar surface area (TPSA) is 51.0 Å². The zero-order chi connectivity index (χ0) is 13.0. The first-order chi connectivity index (χ1) is 8.69. The number of nitrogens with one attached hydrogen (secondary N) is 1. The van der Waals surface area contributed by atoms with Crippen molar-refractivity contribution in [2.75, 3.05) is 0 Å². The van der Waals surface area contributed by atoms with Crippen LogP contribution in [0.4, 0.5) is 0 Å². The van der Waals surface area contributed by atoms with Crippen molar-refractivity contribution in [2.24, 2.45) is 0 Å². The molecular formula is C13H16ClN3O. The Bertz CT molecular complexity index is 512. The summed E-state index contributed by atoms with van der Waals surface area (Å²) >= 11 is 6.00. The Morgan fingerprint density at radius 3 is 2.89 bits per heavy atom. The van der Waals surface area contributed by atoms with E-state index in [2.05, 4.69) is 28.4 Å². The molecule has 18 heavy (non-hydrogen) atoms. The van der Waals surface area contributed by atoms with Crippen LogP contribution in [0.15, 0.2) is 28.8 Å². The van der Waals surface area contributed by atoms with E-state index in [-0.39, 0.29) is 6.04 Å². The number of aromatic nitrogens is 2. The van der Waals surface area contributed by atoms with Crippen LogP contribution in [-0.4, -0.2) is 10.1 Å². The first-order valence-corrected chi connectivity index (χ1v) is 6.35. The van der Waals surface area contributed by atoms with Crippen molar-refractivity contribution in [3.05, 3.63) is 46.6 Å². The Hall–Kier alpha value is -1.39. The molecule has 2 aromatic rings. The quantitative estimate of drug-likeness (QED) is 0.901. The van der Waals surface area contributed by atoms with E-state index < -0.39 is 0 Å². The van der Waals surface area contributed by atoms with E-state index in [0.717, 1.165) is 11.4 Å². The molecule has 0 fully saturated rings. The van der Waals surface area contributed by atoms with Crippen LogP contribution in [0.25, 0.3) is 0 Å². The highest BCUT2D eigenvalue weighted by Crippen LogP contribution is 2.20. The van der Waals surface area contributed by atoms with Gasteiger partial charge in [0.25, 0.3) is 0 Å². The highest BCUT2D eigenvalue weighted by molar-refractivity contribution is 6.30. The molecule has 96 valence electrons. The zero-order valence-corrected chi connectivity index (χ0v) is 11.2. The van der Waals surface area contributed by atoms with Gasteiger partial charge in [-0.15, -0.1) is 0 Å². The molecule has 0 aliphatic heterocycles. The van der Waals surface area contributed by atoms with E-state index in [1.807, 2.05) is 18.2 Å². The number of hydrogen-bond donors (Lipinski definition) is 1. The van der Waals surface area contributed by atoms with Crippen molar-refractivity contribution in [2.45, 2.75) is 32.9 Å². The molecule has 0 aliphatic carbocycles. The lowest BCUT2D eigenvalue weighted by molar-refractivity contribution is 0.353. The number of halogens is 1. The summed E-state index contributed by atoms with van der Waals surface area (Å²) in [4.78, 5) is 4.16. The second-order valence-electron chi connectivity index (χ2n) is 4.13. The second-order valence-corrected chi connectivity index (χ2v) is 4.57. The van der Waals surface area contributed by atoms with Crippen molar-refractivity contribution in [3.8, 4) is 0 Å². The summed E-state index contributed by atoms with van der Waals surface area (Å²) in [5.74, 6) is 1.26. The Morgan fingerprint density at radius 2 is 2.28 bits per heavy atom. The highest BCUT2D eigenvalue weighted by atomic mass is 35.5. The molecule has 0 aliphatic rings. The number of nitrogens with zero attached hydrogens (tertiary/aromatic N) is 2. The fourth-order valence-electron chi connectivity index (χ4n) is 1.84. The van der Waals surface area contributed by atoms with E-state index in [4.69, 9.17) is 16.1 Å². The molecular weight excluding hydrogens is 250 g/mol. The maximum atomic E-state index is 6.00. The van der Waals surface area contributed by atoms with Gasteiger partial charge in [0.2, 0.25) is 5.89 Å². The average Bonchev–Trinajstić information content (AvgIpc) is 2.76. The van der Waals surface area contributed by atoms with Crippen LogP contribution >= 0.6 is 11.6 Å². The van der Waals surface area contributed by atoms with Gasteiger partial charge in [-0.3, -0.25) is 0 Å². The molecule has 0 spiro atoms. The van der Waals surface area contributed by atoms with E-state index in [0.29, 0.717) is 18.3 Å². The molecule has 0 saturated carbocycles. The average molecular weight is 266 g/mol. The molecule has 1 aromatic heterocycles. The Morgan fingerprint density at radius 1 is 1.44 bits per heavy atom. The van der Waals surface area contributed by atoms with Crippen molar-refractivity contribution in [1.29, 1.82) is 0 Å². The lowest BCUT2D eigenvalue weighted by atomic mass is 10.0.